The van der Waals surface area contributed by atoms with Crippen molar-refractivity contribution < 1.29 is 24.6 Å². The lowest BCUT2D eigenvalue weighted by molar-refractivity contribution is -0.122. The highest BCUT2D eigenvalue weighted by molar-refractivity contribution is 6.30. The van der Waals surface area contributed by atoms with Gasteiger partial charge in [-0.25, -0.2) is 0 Å². The second-order valence-electron chi connectivity index (χ2n) is 7.00. The van der Waals surface area contributed by atoms with Gasteiger partial charge < -0.3 is 15.9 Å². The molecule has 0 bridgehead atoms. The lowest BCUT2D eigenvalue weighted by Gasteiger charge is -2.34. The molecule has 2 aromatic rings. The van der Waals surface area contributed by atoms with Crippen LogP contribution in [0.4, 0.5) is 0 Å². The molecule has 2 aliphatic rings. The highest BCUT2D eigenvalue weighted by atomic mass is 16.3. The van der Waals surface area contributed by atoms with E-state index >= 15 is 0 Å². The van der Waals surface area contributed by atoms with Crippen molar-refractivity contribution in [2.45, 2.75) is 31.7 Å². The molecule has 2 aromatic carbocycles. The summed E-state index contributed by atoms with van der Waals surface area (Å²) < 4.78 is 0. The molecule has 0 aliphatic heterocycles. The first-order valence-corrected chi connectivity index (χ1v) is 8.34. The molecule has 2 aliphatic carbocycles. The van der Waals surface area contributed by atoms with Crippen molar-refractivity contribution in [1.82, 2.24) is 0 Å². The summed E-state index contributed by atoms with van der Waals surface area (Å²) in [5.41, 5.74) is 5.65. The van der Waals surface area contributed by atoms with Crippen LogP contribution in [0.15, 0.2) is 24.3 Å². The number of rotatable bonds is 1. The zero-order valence-electron chi connectivity index (χ0n) is 14.1. The van der Waals surface area contributed by atoms with Crippen LogP contribution < -0.4 is 5.73 Å². The first-order valence-electron chi connectivity index (χ1n) is 8.34. The minimum absolute atomic E-state index is 0.00740. The Labute approximate surface area is 149 Å². The van der Waals surface area contributed by atoms with Gasteiger partial charge in [0.15, 0.2) is 11.6 Å². The summed E-state index contributed by atoms with van der Waals surface area (Å²) in [4.78, 5) is 37.6. The van der Waals surface area contributed by atoms with Crippen molar-refractivity contribution in [1.29, 1.82) is 0 Å². The van der Waals surface area contributed by atoms with Gasteiger partial charge in [-0.1, -0.05) is 24.3 Å². The van der Waals surface area contributed by atoms with Crippen molar-refractivity contribution in [2.24, 2.45) is 5.73 Å². The van der Waals surface area contributed by atoms with Gasteiger partial charge in [0.25, 0.3) is 0 Å². The Kier molecular flexibility index (Phi) is 3.33. The molecular formula is C20H17NO5. The summed E-state index contributed by atoms with van der Waals surface area (Å²) in [6.45, 7) is 1.38. The lowest BCUT2D eigenvalue weighted by Crippen LogP contribution is -2.51. The van der Waals surface area contributed by atoms with E-state index in [1.54, 1.807) is 12.1 Å². The van der Waals surface area contributed by atoms with Gasteiger partial charge in [-0.05, 0) is 19.8 Å². The normalized spacial score (nSPS) is 21.0. The lowest BCUT2D eigenvalue weighted by atomic mass is 9.72. The third kappa shape index (κ3) is 1.99. The summed E-state index contributed by atoms with van der Waals surface area (Å²) in [5.74, 6) is -1.92. The topological polar surface area (TPSA) is 118 Å². The molecule has 4 N–H and O–H groups in total. The molecule has 0 heterocycles. The Morgan fingerprint density at radius 1 is 1.00 bits per heavy atom. The SMILES string of the molecule is CC(=O)C1(N)CCc2c(O)c3c(c(O)c2C1)C(=O)c1ccccc1C3=O. The minimum Gasteiger partial charge on any atom is -0.507 e. The molecule has 0 spiro atoms. The van der Waals surface area contributed by atoms with Crippen molar-refractivity contribution in [2.75, 3.05) is 0 Å². The van der Waals surface area contributed by atoms with Crippen LogP contribution in [0.2, 0.25) is 0 Å². The predicted octanol–water partition coefficient (Wildman–Crippen LogP) is 1.65. The highest BCUT2D eigenvalue weighted by Gasteiger charge is 2.42. The third-order valence-corrected chi connectivity index (χ3v) is 5.54. The Bertz CT molecular complexity index is 1020. The number of ketones is 3. The quantitative estimate of drug-likeness (QED) is 0.574. The van der Waals surface area contributed by atoms with Crippen LogP contribution in [0.1, 0.15) is 56.3 Å². The van der Waals surface area contributed by atoms with E-state index in [1.165, 1.54) is 19.1 Å². The largest absolute Gasteiger partial charge is 0.507 e. The number of benzene rings is 2. The minimum atomic E-state index is -1.16. The van der Waals surface area contributed by atoms with Gasteiger partial charge in [0.1, 0.15) is 17.3 Å². The second kappa shape index (κ2) is 5.25. The van der Waals surface area contributed by atoms with E-state index in [2.05, 4.69) is 0 Å². The van der Waals surface area contributed by atoms with E-state index in [4.69, 9.17) is 5.73 Å². The first kappa shape index (κ1) is 16.5. The molecule has 26 heavy (non-hydrogen) atoms. The second-order valence-corrected chi connectivity index (χ2v) is 7.00. The fourth-order valence-electron chi connectivity index (χ4n) is 3.93. The van der Waals surface area contributed by atoms with Crippen LogP contribution in [0.25, 0.3) is 0 Å². The summed E-state index contributed by atoms with van der Waals surface area (Å²) >= 11 is 0. The van der Waals surface area contributed by atoms with Crippen LogP contribution in [0.3, 0.4) is 0 Å². The fourth-order valence-corrected chi connectivity index (χ4v) is 3.93. The van der Waals surface area contributed by atoms with Gasteiger partial charge in [0.05, 0.1) is 16.7 Å². The Morgan fingerprint density at radius 2 is 1.50 bits per heavy atom. The molecule has 0 fully saturated rings. The summed E-state index contributed by atoms with van der Waals surface area (Å²) in [7, 11) is 0. The van der Waals surface area contributed by atoms with Gasteiger partial charge in [0, 0.05) is 28.7 Å². The van der Waals surface area contributed by atoms with E-state index in [1.807, 2.05) is 0 Å². The molecular weight excluding hydrogens is 334 g/mol. The number of phenolic OH excluding ortho intramolecular Hbond substituents is 2. The fraction of sp³-hybridized carbons (Fsp3) is 0.250. The highest BCUT2D eigenvalue weighted by Crippen LogP contribution is 2.46. The van der Waals surface area contributed by atoms with Gasteiger partial charge in [-0.2, -0.15) is 0 Å². The van der Waals surface area contributed by atoms with Crippen molar-refractivity contribution in [3.8, 4) is 11.5 Å². The Balaban J connectivity index is 2.00. The number of carbonyl (C=O) groups excluding carboxylic acids is 3. The predicted molar refractivity (Wildman–Crippen MR) is 92.7 cm³/mol. The molecule has 1 atom stereocenters. The standard InChI is InChI=1S/C20H17NO5/c1-9(22)20(21)7-6-12-13(8-20)19(26)15-14(18(12)25)16(23)10-4-2-3-5-11(10)17(15)24/h2-5,25-26H,6-8,21H2,1H3. The molecule has 0 saturated carbocycles. The van der Waals surface area contributed by atoms with Crippen LogP contribution in [0, 0.1) is 0 Å². The number of hydrogen-bond acceptors (Lipinski definition) is 6. The molecule has 132 valence electrons. The van der Waals surface area contributed by atoms with Gasteiger partial charge in [-0.15, -0.1) is 0 Å². The molecule has 4 rings (SSSR count). The van der Waals surface area contributed by atoms with Gasteiger partial charge in [-0.3, -0.25) is 14.4 Å². The van der Waals surface area contributed by atoms with Crippen molar-refractivity contribution in [3.05, 3.63) is 57.6 Å². The molecule has 6 heteroatoms. The zero-order chi connectivity index (χ0) is 18.8. The van der Waals surface area contributed by atoms with Crippen LogP contribution >= 0.6 is 0 Å². The van der Waals surface area contributed by atoms with E-state index in [9.17, 15) is 24.6 Å². The number of carbonyl (C=O) groups is 3. The van der Waals surface area contributed by atoms with Crippen LogP contribution in [-0.2, 0) is 17.6 Å². The maximum atomic E-state index is 12.9. The molecule has 6 nitrogen and oxygen atoms in total. The number of Topliss-reactive ketones (excluding diaryl/α,β-unsaturated/α-hetero) is 1. The molecule has 0 amide bonds. The number of aromatic hydroxyl groups is 2. The van der Waals surface area contributed by atoms with E-state index in [0.29, 0.717) is 12.0 Å². The molecule has 1 unspecified atom stereocenters. The van der Waals surface area contributed by atoms with E-state index in [0.717, 1.165) is 0 Å². The summed E-state index contributed by atoms with van der Waals surface area (Å²) in [6.07, 6.45) is 0.536. The maximum absolute atomic E-state index is 12.9. The molecule has 0 saturated heterocycles. The van der Waals surface area contributed by atoms with E-state index < -0.39 is 17.1 Å². The van der Waals surface area contributed by atoms with Crippen LogP contribution in [-0.4, -0.2) is 33.1 Å². The van der Waals surface area contributed by atoms with Gasteiger partial charge in [0.2, 0.25) is 0 Å². The van der Waals surface area contributed by atoms with Crippen molar-refractivity contribution in [3.63, 3.8) is 0 Å². The zero-order valence-corrected chi connectivity index (χ0v) is 14.1. The summed E-state index contributed by atoms with van der Waals surface area (Å²) in [6, 6.07) is 6.30. The number of nitrogens with two attached hydrogens (primary N) is 1. The third-order valence-electron chi connectivity index (χ3n) is 5.54. The number of fused-ring (bicyclic) bond motifs is 3. The monoisotopic (exact) mass is 351 g/mol. The average Bonchev–Trinajstić information content (AvgIpc) is 2.62. The smallest absolute Gasteiger partial charge is 0.198 e. The summed E-state index contributed by atoms with van der Waals surface area (Å²) in [5, 5.41) is 21.5. The number of phenols is 2. The van der Waals surface area contributed by atoms with Crippen molar-refractivity contribution >= 4 is 17.3 Å². The Hall–Kier alpha value is -2.99. The molecule has 0 radical (unpaired) electrons. The first-order chi connectivity index (χ1) is 12.3. The molecule has 0 aromatic heterocycles. The maximum Gasteiger partial charge on any atom is 0.198 e. The van der Waals surface area contributed by atoms with Crippen LogP contribution in [0.5, 0.6) is 11.5 Å². The Morgan fingerprint density at radius 3 is 2.00 bits per heavy atom. The van der Waals surface area contributed by atoms with E-state index in [-0.39, 0.29) is 57.9 Å². The number of hydrogen-bond donors (Lipinski definition) is 3. The average molecular weight is 351 g/mol. The van der Waals surface area contributed by atoms with Gasteiger partial charge >= 0.3 is 0 Å².